The van der Waals surface area contributed by atoms with Crippen LogP contribution in [-0.4, -0.2) is 48.0 Å². The fraction of sp³-hybridized carbons (Fsp3) is 0.800. The van der Waals surface area contributed by atoms with Crippen molar-refractivity contribution >= 4 is 26.0 Å². The maximum Gasteiger partial charge on any atom is 0.322 e. The lowest BCUT2D eigenvalue weighted by Crippen LogP contribution is -2.35. The Morgan fingerprint density at radius 3 is 2.27 bits per heavy atom. The summed E-state index contributed by atoms with van der Waals surface area (Å²) < 4.78 is 49.0. The lowest BCUT2D eigenvalue weighted by Gasteiger charge is -2.04. The van der Waals surface area contributed by atoms with Crippen molar-refractivity contribution in [3.63, 3.8) is 0 Å². The van der Waals surface area contributed by atoms with Gasteiger partial charge in [-0.05, 0) is 0 Å². The quantitative estimate of drug-likeness (QED) is 0.502. The normalized spacial score (nSPS) is 12.4. The van der Waals surface area contributed by atoms with Crippen LogP contribution >= 0.6 is 0 Å². The highest BCUT2D eigenvalue weighted by atomic mass is 32.2. The van der Waals surface area contributed by atoms with Crippen LogP contribution in [0, 0.1) is 0 Å². The van der Waals surface area contributed by atoms with Crippen LogP contribution in [0.2, 0.25) is 0 Å². The first kappa shape index (κ1) is 14.3. The van der Waals surface area contributed by atoms with Crippen LogP contribution in [0.4, 0.5) is 0 Å². The molecule has 0 aromatic carbocycles. The molecule has 0 fully saturated rings. The van der Waals surface area contributed by atoms with E-state index in [2.05, 4.69) is 9.88 Å². The molecule has 0 atom stereocenters. The minimum Gasteiger partial charge on any atom is -0.468 e. The van der Waals surface area contributed by atoms with Crippen molar-refractivity contribution in [2.75, 3.05) is 25.2 Å². The van der Waals surface area contributed by atoms with Crippen LogP contribution in [0.1, 0.15) is 0 Å². The molecule has 15 heavy (non-hydrogen) atoms. The molecule has 0 aromatic rings. The second kappa shape index (κ2) is 5.39. The molecule has 0 aliphatic heterocycles. The zero-order valence-electron chi connectivity index (χ0n) is 7.96. The van der Waals surface area contributed by atoms with Crippen LogP contribution in [0.15, 0.2) is 0 Å². The number of primary sulfonamides is 1. The molecule has 0 aliphatic carbocycles. The van der Waals surface area contributed by atoms with E-state index >= 15 is 0 Å². The first-order valence-corrected chi connectivity index (χ1v) is 7.08. The van der Waals surface area contributed by atoms with Crippen LogP contribution in [0.5, 0.6) is 0 Å². The van der Waals surface area contributed by atoms with Gasteiger partial charge in [-0.3, -0.25) is 4.79 Å². The van der Waals surface area contributed by atoms with Crippen LogP contribution in [-0.2, 0) is 29.6 Å². The lowest BCUT2D eigenvalue weighted by molar-refractivity contribution is -0.137. The van der Waals surface area contributed by atoms with Gasteiger partial charge in [0.2, 0.25) is 20.0 Å². The average Bonchev–Trinajstić information content (AvgIpc) is 2.00. The van der Waals surface area contributed by atoms with Crippen LogP contribution in [0.25, 0.3) is 0 Å². The van der Waals surface area contributed by atoms with Crippen LogP contribution in [0.3, 0.4) is 0 Å². The third-order valence-corrected chi connectivity index (χ3v) is 3.28. The number of methoxy groups -OCH3 is 1. The zero-order valence-corrected chi connectivity index (χ0v) is 9.60. The number of sulfonamides is 2. The van der Waals surface area contributed by atoms with E-state index in [0.717, 1.165) is 7.11 Å². The SMILES string of the molecule is COC(=O)CS(=O)(=O)NCCS(N)(=O)=O. The Labute approximate surface area is 87.9 Å². The van der Waals surface area contributed by atoms with Gasteiger partial charge in [-0.2, -0.15) is 0 Å². The first-order chi connectivity index (χ1) is 6.66. The molecule has 0 saturated carbocycles. The van der Waals surface area contributed by atoms with Gasteiger partial charge in [0.25, 0.3) is 0 Å². The molecule has 90 valence electrons. The predicted octanol–water partition coefficient (Wildman–Crippen LogP) is -2.63. The summed E-state index contributed by atoms with van der Waals surface area (Å²) in [5, 5.41) is 4.64. The van der Waals surface area contributed by atoms with Gasteiger partial charge < -0.3 is 4.74 Å². The smallest absolute Gasteiger partial charge is 0.322 e. The average molecular weight is 260 g/mol. The minimum absolute atomic E-state index is 0.377. The van der Waals surface area contributed by atoms with Gasteiger partial charge in [-0.25, -0.2) is 26.7 Å². The van der Waals surface area contributed by atoms with E-state index in [1.165, 1.54) is 0 Å². The Bertz CT molecular complexity index is 411. The Morgan fingerprint density at radius 1 is 1.33 bits per heavy atom. The van der Waals surface area contributed by atoms with Crippen molar-refractivity contribution in [3.8, 4) is 0 Å². The van der Waals surface area contributed by atoms with E-state index in [9.17, 15) is 21.6 Å². The van der Waals surface area contributed by atoms with Crippen molar-refractivity contribution in [3.05, 3.63) is 0 Å². The highest BCUT2D eigenvalue weighted by Gasteiger charge is 2.16. The number of ether oxygens (including phenoxy) is 1. The van der Waals surface area contributed by atoms with E-state index in [-0.39, 0.29) is 6.54 Å². The Balaban J connectivity index is 4.12. The summed E-state index contributed by atoms with van der Waals surface area (Å²) in [5.74, 6) is -2.32. The molecule has 0 aromatic heterocycles. The van der Waals surface area contributed by atoms with Gasteiger partial charge in [0.1, 0.15) is 0 Å². The number of hydrogen-bond donors (Lipinski definition) is 2. The lowest BCUT2D eigenvalue weighted by atomic mass is 10.8. The number of esters is 1. The molecule has 0 aliphatic rings. The molecule has 0 unspecified atom stereocenters. The zero-order chi connectivity index (χ0) is 12.1. The minimum atomic E-state index is -3.86. The van der Waals surface area contributed by atoms with Crippen molar-refractivity contribution in [2.24, 2.45) is 5.14 Å². The van der Waals surface area contributed by atoms with Gasteiger partial charge in [0.15, 0.2) is 5.75 Å². The third kappa shape index (κ3) is 8.30. The van der Waals surface area contributed by atoms with Crippen LogP contribution < -0.4 is 9.86 Å². The van der Waals surface area contributed by atoms with Crippen molar-refractivity contribution in [1.29, 1.82) is 0 Å². The second-order valence-electron chi connectivity index (χ2n) is 2.60. The highest BCUT2D eigenvalue weighted by Crippen LogP contribution is 1.87. The summed E-state index contributed by atoms with van der Waals surface area (Å²) in [7, 11) is -6.54. The number of carbonyl (C=O) groups excluding carboxylic acids is 1. The number of carbonyl (C=O) groups is 1. The van der Waals surface area contributed by atoms with E-state index in [1.807, 2.05) is 4.72 Å². The largest absolute Gasteiger partial charge is 0.468 e. The molecule has 0 amide bonds. The molecule has 10 heteroatoms. The van der Waals surface area contributed by atoms with Gasteiger partial charge in [-0.15, -0.1) is 0 Å². The number of hydrogen-bond acceptors (Lipinski definition) is 6. The fourth-order valence-corrected chi connectivity index (χ4v) is 2.06. The summed E-state index contributed by atoms with van der Waals surface area (Å²) in [6.07, 6.45) is 0. The van der Waals surface area contributed by atoms with Crippen molar-refractivity contribution in [2.45, 2.75) is 0 Å². The molecule has 0 heterocycles. The van der Waals surface area contributed by atoms with E-state index in [0.29, 0.717) is 0 Å². The number of nitrogens with two attached hydrogens (primary N) is 1. The van der Waals surface area contributed by atoms with Gasteiger partial charge in [0.05, 0.1) is 12.9 Å². The highest BCUT2D eigenvalue weighted by molar-refractivity contribution is 7.90. The molecule has 0 rings (SSSR count). The molecule has 0 spiro atoms. The monoisotopic (exact) mass is 260 g/mol. The molecule has 0 saturated heterocycles. The first-order valence-electron chi connectivity index (χ1n) is 3.71. The van der Waals surface area contributed by atoms with E-state index < -0.39 is 37.5 Å². The van der Waals surface area contributed by atoms with Gasteiger partial charge >= 0.3 is 5.97 Å². The third-order valence-electron chi connectivity index (χ3n) is 1.24. The Hall–Kier alpha value is -0.710. The summed E-state index contributed by atoms with van der Waals surface area (Å²) in [4.78, 5) is 10.6. The molecular weight excluding hydrogens is 248 g/mol. The number of rotatable bonds is 6. The van der Waals surface area contributed by atoms with E-state index in [4.69, 9.17) is 0 Å². The molecule has 0 bridgehead atoms. The fourth-order valence-electron chi connectivity index (χ4n) is 0.605. The van der Waals surface area contributed by atoms with Crippen molar-refractivity contribution < 1.29 is 26.4 Å². The molecule has 8 nitrogen and oxygen atoms in total. The molecule has 3 N–H and O–H groups in total. The summed E-state index contributed by atoms with van der Waals surface area (Å²) in [5.41, 5.74) is 0. The maximum absolute atomic E-state index is 11.0. The maximum atomic E-state index is 11.0. The summed E-state index contributed by atoms with van der Waals surface area (Å²) in [6.45, 7) is -0.377. The standard InChI is InChI=1S/C5H12N2O6S2/c1-13-5(8)4-15(11,12)7-2-3-14(6,9)10/h7H,2-4H2,1H3,(H2,6,9,10). The van der Waals surface area contributed by atoms with Crippen molar-refractivity contribution in [1.82, 2.24) is 4.72 Å². The summed E-state index contributed by atoms with van der Waals surface area (Å²) in [6, 6.07) is 0. The Kier molecular flexibility index (Phi) is 5.14. The predicted molar refractivity (Wildman–Crippen MR) is 51.8 cm³/mol. The number of nitrogens with one attached hydrogen (secondary N) is 1. The molecule has 0 radical (unpaired) electrons. The Morgan fingerprint density at radius 2 is 1.87 bits per heavy atom. The van der Waals surface area contributed by atoms with Gasteiger partial charge in [0, 0.05) is 6.54 Å². The van der Waals surface area contributed by atoms with E-state index in [1.54, 1.807) is 0 Å². The topological polar surface area (TPSA) is 133 Å². The second-order valence-corrected chi connectivity index (χ2v) is 6.14. The summed E-state index contributed by atoms with van der Waals surface area (Å²) >= 11 is 0. The molecular formula is C5H12N2O6S2. The van der Waals surface area contributed by atoms with Gasteiger partial charge in [-0.1, -0.05) is 0 Å².